The van der Waals surface area contributed by atoms with Crippen molar-refractivity contribution in [2.75, 3.05) is 5.73 Å². The Bertz CT molecular complexity index is 349. The van der Waals surface area contributed by atoms with Crippen molar-refractivity contribution < 1.29 is 9.90 Å². The van der Waals surface area contributed by atoms with Crippen molar-refractivity contribution in [3.05, 3.63) is 29.8 Å². The number of hydrogen-bond donors (Lipinski definition) is 2. The molecular formula is C12H17NO2. The van der Waals surface area contributed by atoms with Crippen LogP contribution in [0.3, 0.4) is 0 Å². The highest BCUT2D eigenvalue weighted by Gasteiger charge is 2.32. The van der Waals surface area contributed by atoms with Crippen molar-refractivity contribution in [3.8, 4) is 0 Å². The third kappa shape index (κ3) is 2.72. The minimum absolute atomic E-state index is 0.304. The first-order valence-corrected chi connectivity index (χ1v) is 4.90. The maximum atomic E-state index is 11.2. The summed E-state index contributed by atoms with van der Waals surface area (Å²) in [5, 5.41) is 9.20. The average Bonchev–Trinajstić information content (AvgIpc) is 2.05. The summed E-state index contributed by atoms with van der Waals surface area (Å²) in [4.78, 5) is 11.2. The van der Waals surface area contributed by atoms with Gasteiger partial charge >= 0.3 is 5.97 Å². The van der Waals surface area contributed by atoms with E-state index in [-0.39, 0.29) is 5.41 Å². The number of benzene rings is 1. The van der Waals surface area contributed by atoms with E-state index in [0.29, 0.717) is 5.69 Å². The molecular weight excluding hydrogens is 190 g/mol. The number of carboxylic acid groups (broad SMARTS) is 1. The number of carboxylic acids is 1. The first-order chi connectivity index (χ1) is 6.82. The van der Waals surface area contributed by atoms with Gasteiger partial charge in [-0.25, -0.2) is 0 Å². The van der Waals surface area contributed by atoms with Crippen molar-refractivity contribution >= 4 is 11.7 Å². The largest absolute Gasteiger partial charge is 0.481 e. The number of carbonyl (C=O) groups is 1. The van der Waals surface area contributed by atoms with Crippen LogP contribution in [0.1, 0.15) is 32.3 Å². The van der Waals surface area contributed by atoms with Crippen molar-refractivity contribution in [1.29, 1.82) is 0 Å². The van der Waals surface area contributed by atoms with E-state index in [9.17, 15) is 9.90 Å². The molecule has 0 aliphatic carbocycles. The lowest BCUT2D eigenvalue weighted by atomic mass is 9.76. The lowest BCUT2D eigenvalue weighted by Crippen LogP contribution is -2.26. The molecule has 0 bridgehead atoms. The van der Waals surface area contributed by atoms with E-state index in [4.69, 9.17) is 5.73 Å². The van der Waals surface area contributed by atoms with E-state index in [1.807, 2.05) is 20.8 Å². The number of nitrogen functional groups attached to an aromatic ring is 1. The van der Waals surface area contributed by atoms with E-state index in [0.717, 1.165) is 5.56 Å². The molecule has 0 aliphatic heterocycles. The molecule has 0 fully saturated rings. The van der Waals surface area contributed by atoms with Crippen LogP contribution in [0.4, 0.5) is 5.69 Å². The first kappa shape index (κ1) is 11.6. The molecule has 82 valence electrons. The molecule has 15 heavy (non-hydrogen) atoms. The van der Waals surface area contributed by atoms with E-state index >= 15 is 0 Å². The summed E-state index contributed by atoms with van der Waals surface area (Å²) >= 11 is 0. The Labute approximate surface area is 89.9 Å². The summed E-state index contributed by atoms with van der Waals surface area (Å²) in [5.41, 5.74) is 6.71. The van der Waals surface area contributed by atoms with Gasteiger partial charge in [-0.1, -0.05) is 32.9 Å². The number of hydrogen-bond acceptors (Lipinski definition) is 2. The Morgan fingerprint density at radius 1 is 1.27 bits per heavy atom. The van der Waals surface area contributed by atoms with Crippen LogP contribution in [0.2, 0.25) is 0 Å². The van der Waals surface area contributed by atoms with Crippen LogP contribution in [0.25, 0.3) is 0 Å². The minimum atomic E-state index is -0.799. The molecule has 0 unspecified atom stereocenters. The van der Waals surface area contributed by atoms with Gasteiger partial charge in [-0.3, -0.25) is 4.79 Å². The standard InChI is InChI=1S/C12H17NO2/c1-12(2,3)10(11(14)15)8-4-6-9(13)7-5-8/h4-7,10H,13H2,1-3H3,(H,14,15)/t10-/m1/s1. The number of nitrogens with two attached hydrogens (primary N) is 1. The molecule has 3 N–H and O–H groups in total. The van der Waals surface area contributed by atoms with Crippen molar-refractivity contribution in [3.63, 3.8) is 0 Å². The predicted octanol–water partition coefficient (Wildman–Crippen LogP) is 2.48. The quantitative estimate of drug-likeness (QED) is 0.732. The van der Waals surface area contributed by atoms with Crippen molar-refractivity contribution in [2.45, 2.75) is 26.7 Å². The second-order valence-corrected chi connectivity index (χ2v) is 4.80. The molecule has 0 spiro atoms. The highest BCUT2D eigenvalue weighted by atomic mass is 16.4. The summed E-state index contributed by atoms with van der Waals surface area (Å²) in [6.07, 6.45) is 0. The maximum absolute atomic E-state index is 11.2. The van der Waals surface area contributed by atoms with Gasteiger partial charge in [-0.05, 0) is 23.1 Å². The number of anilines is 1. The van der Waals surface area contributed by atoms with Gasteiger partial charge in [0.1, 0.15) is 0 Å². The van der Waals surface area contributed by atoms with Gasteiger partial charge in [0.25, 0.3) is 0 Å². The van der Waals surface area contributed by atoms with Gasteiger partial charge in [0.15, 0.2) is 0 Å². The molecule has 0 aliphatic rings. The third-order valence-corrected chi connectivity index (χ3v) is 2.38. The van der Waals surface area contributed by atoms with Gasteiger partial charge < -0.3 is 10.8 Å². The van der Waals surface area contributed by atoms with Crippen LogP contribution < -0.4 is 5.73 Å². The summed E-state index contributed by atoms with van der Waals surface area (Å²) in [6.45, 7) is 5.76. The lowest BCUT2D eigenvalue weighted by Gasteiger charge is -2.27. The molecule has 0 radical (unpaired) electrons. The first-order valence-electron chi connectivity index (χ1n) is 4.90. The Morgan fingerprint density at radius 2 is 1.73 bits per heavy atom. The van der Waals surface area contributed by atoms with E-state index < -0.39 is 11.9 Å². The summed E-state index contributed by atoms with van der Waals surface area (Å²) < 4.78 is 0. The summed E-state index contributed by atoms with van der Waals surface area (Å²) in [6, 6.07) is 7.02. The minimum Gasteiger partial charge on any atom is -0.481 e. The van der Waals surface area contributed by atoms with Crippen LogP contribution >= 0.6 is 0 Å². The molecule has 1 atom stereocenters. The fourth-order valence-electron chi connectivity index (χ4n) is 1.70. The van der Waals surface area contributed by atoms with Crippen LogP contribution in [0.5, 0.6) is 0 Å². The monoisotopic (exact) mass is 207 g/mol. The van der Waals surface area contributed by atoms with Crippen molar-refractivity contribution in [1.82, 2.24) is 0 Å². The topological polar surface area (TPSA) is 63.3 Å². The molecule has 3 nitrogen and oxygen atoms in total. The van der Waals surface area contributed by atoms with Gasteiger partial charge in [0.2, 0.25) is 0 Å². The Kier molecular flexibility index (Phi) is 3.03. The van der Waals surface area contributed by atoms with Crippen LogP contribution in [-0.4, -0.2) is 11.1 Å². The Morgan fingerprint density at radius 3 is 2.07 bits per heavy atom. The van der Waals surface area contributed by atoms with Gasteiger partial charge in [-0.15, -0.1) is 0 Å². The second kappa shape index (κ2) is 3.93. The summed E-state index contributed by atoms with van der Waals surface area (Å²) in [5.74, 6) is -1.30. The normalized spacial score (nSPS) is 13.5. The molecule has 0 amide bonds. The summed E-state index contributed by atoms with van der Waals surface area (Å²) in [7, 11) is 0. The highest BCUT2D eigenvalue weighted by Crippen LogP contribution is 2.35. The maximum Gasteiger partial charge on any atom is 0.311 e. The van der Waals surface area contributed by atoms with Crippen LogP contribution in [-0.2, 0) is 4.79 Å². The van der Waals surface area contributed by atoms with Gasteiger partial charge in [0.05, 0.1) is 5.92 Å². The van der Waals surface area contributed by atoms with Gasteiger partial charge in [-0.2, -0.15) is 0 Å². The van der Waals surface area contributed by atoms with Crippen molar-refractivity contribution in [2.24, 2.45) is 5.41 Å². The van der Waals surface area contributed by atoms with Gasteiger partial charge in [0, 0.05) is 5.69 Å². The zero-order valence-electron chi connectivity index (χ0n) is 9.32. The third-order valence-electron chi connectivity index (χ3n) is 2.38. The smallest absolute Gasteiger partial charge is 0.311 e. The molecule has 0 saturated carbocycles. The molecule has 0 heterocycles. The molecule has 0 aromatic heterocycles. The zero-order chi connectivity index (χ0) is 11.6. The number of rotatable bonds is 2. The molecule has 3 heteroatoms. The SMILES string of the molecule is CC(C)(C)[C@@H](C(=O)O)c1ccc(N)cc1. The Balaban J connectivity index is 3.11. The molecule has 1 aromatic rings. The van der Waals surface area contributed by atoms with Crippen LogP contribution in [0.15, 0.2) is 24.3 Å². The fourth-order valence-corrected chi connectivity index (χ4v) is 1.70. The molecule has 1 rings (SSSR count). The van der Waals surface area contributed by atoms with E-state index in [1.54, 1.807) is 24.3 Å². The predicted molar refractivity (Wildman–Crippen MR) is 60.7 cm³/mol. The number of aliphatic carboxylic acids is 1. The lowest BCUT2D eigenvalue weighted by molar-refractivity contribution is -0.141. The van der Waals surface area contributed by atoms with Crippen LogP contribution in [0, 0.1) is 5.41 Å². The molecule has 0 saturated heterocycles. The fraction of sp³-hybridized carbons (Fsp3) is 0.417. The highest BCUT2D eigenvalue weighted by molar-refractivity contribution is 5.77. The zero-order valence-corrected chi connectivity index (χ0v) is 9.32. The Hall–Kier alpha value is -1.51. The average molecular weight is 207 g/mol. The van der Waals surface area contributed by atoms with E-state index in [1.165, 1.54) is 0 Å². The van der Waals surface area contributed by atoms with E-state index in [2.05, 4.69) is 0 Å². The second-order valence-electron chi connectivity index (χ2n) is 4.80. The molecule has 1 aromatic carbocycles.